The fourth-order valence-corrected chi connectivity index (χ4v) is 3.39. The smallest absolute Gasteiger partial charge is 0.254 e. The number of benzene rings is 2. The van der Waals surface area contributed by atoms with Gasteiger partial charge in [-0.25, -0.2) is 13.2 Å². The van der Waals surface area contributed by atoms with Crippen molar-refractivity contribution in [2.24, 2.45) is 0 Å². The van der Waals surface area contributed by atoms with E-state index in [1.165, 1.54) is 17.3 Å². The Labute approximate surface area is 179 Å². The zero-order chi connectivity index (χ0) is 22.8. The highest BCUT2D eigenvalue weighted by atomic mass is 19.2. The van der Waals surface area contributed by atoms with Crippen LogP contribution in [0.5, 0.6) is 0 Å². The highest BCUT2D eigenvalue weighted by molar-refractivity contribution is 5.87. The predicted molar refractivity (Wildman–Crippen MR) is 114 cm³/mol. The molecule has 0 saturated carbocycles. The van der Waals surface area contributed by atoms with Crippen LogP contribution in [0.1, 0.15) is 11.6 Å². The van der Waals surface area contributed by atoms with Crippen LogP contribution in [0.4, 0.5) is 35.9 Å². The minimum absolute atomic E-state index is 0.00564. The summed E-state index contributed by atoms with van der Waals surface area (Å²) in [6.07, 6.45) is 3.04. The molecule has 0 amide bonds. The van der Waals surface area contributed by atoms with Crippen LogP contribution in [0.3, 0.4) is 0 Å². The zero-order valence-electron chi connectivity index (χ0n) is 16.4. The lowest BCUT2D eigenvalue weighted by Crippen LogP contribution is -2.40. The Kier molecular flexibility index (Phi) is 5.74. The summed E-state index contributed by atoms with van der Waals surface area (Å²) in [5.74, 6) is -4.52. The molecule has 0 bridgehead atoms. The van der Waals surface area contributed by atoms with E-state index in [-0.39, 0.29) is 16.9 Å². The second kappa shape index (κ2) is 8.64. The van der Waals surface area contributed by atoms with E-state index in [4.69, 9.17) is 0 Å². The number of aliphatic hydroxyl groups excluding tert-OH is 1. The van der Waals surface area contributed by atoms with Gasteiger partial charge in [0.15, 0.2) is 17.5 Å². The fraction of sp³-hybridized carbons (Fsp3) is 0.0870. The summed E-state index contributed by atoms with van der Waals surface area (Å²) in [6.45, 7) is -0.677. The molecule has 0 saturated heterocycles. The van der Waals surface area contributed by atoms with Gasteiger partial charge in [0, 0.05) is 23.8 Å². The second-order valence-electron chi connectivity index (χ2n) is 6.94. The molecule has 1 aromatic heterocycles. The molecule has 1 heterocycles. The number of aliphatic hydroxyl groups is 1. The van der Waals surface area contributed by atoms with Crippen LogP contribution in [0.15, 0.2) is 76.6 Å². The number of halogens is 3. The van der Waals surface area contributed by atoms with Crippen LogP contribution in [0.25, 0.3) is 0 Å². The summed E-state index contributed by atoms with van der Waals surface area (Å²) in [7, 11) is 0. The monoisotopic (exact) mass is 439 g/mol. The second-order valence-corrected chi connectivity index (χ2v) is 6.94. The van der Waals surface area contributed by atoms with Crippen molar-refractivity contribution in [1.29, 1.82) is 0 Å². The molecule has 162 valence electrons. The van der Waals surface area contributed by atoms with Crippen molar-refractivity contribution in [2.45, 2.75) is 6.04 Å². The van der Waals surface area contributed by atoms with Crippen LogP contribution in [0, 0.1) is 17.5 Å². The standard InChI is InChI=1S/C23H16F3N3O3/c24-16-10-13(11-17(25)19(16)26)18(12-30)28-20-21(23(32)22(20)31)29(14-4-2-1-3-5-14)15-6-8-27-9-7-15/h1-11,18,28,30H,12H2. The number of para-hydroxylation sites is 1. The SMILES string of the molecule is O=c1c(NC(CO)c2cc(F)c(F)c(F)c2)c(N(c2ccccc2)c2ccncc2)c1=O. The summed E-state index contributed by atoms with van der Waals surface area (Å²) >= 11 is 0. The molecular formula is C23H16F3N3O3. The Morgan fingerprint density at radius 1 is 0.906 bits per heavy atom. The molecule has 0 aliphatic rings. The lowest BCUT2D eigenvalue weighted by Gasteiger charge is -2.29. The first-order valence-corrected chi connectivity index (χ1v) is 9.52. The number of hydrogen-bond acceptors (Lipinski definition) is 6. The number of nitrogens with one attached hydrogen (secondary N) is 1. The molecule has 4 aromatic rings. The average molecular weight is 439 g/mol. The molecule has 32 heavy (non-hydrogen) atoms. The molecule has 2 N–H and O–H groups in total. The van der Waals surface area contributed by atoms with Crippen molar-refractivity contribution in [3.05, 3.63) is 110 Å². The molecule has 1 unspecified atom stereocenters. The fourth-order valence-electron chi connectivity index (χ4n) is 3.39. The Morgan fingerprint density at radius 3 is 2.09 bits per heavy atom. The van der Waals surface area contributed by atoms with Crippen molar-refractivity contribution in [2.75, 3.05) is 16.8 Å². The van der Waals surface area contributed by atoms with Gasteiger partial charge in [0.1, 0.15) is 11.4 Å². The van der Waals surface area contributed by atoms with E-state index in [1.54, 1.807) is 42.5 Å². The number of aromatic nitrogens is 1. The number of rotatable bonds is 7. The molecule has 4 rings (SSSR count). The third-order valence-corrected chi connectivity index (χ3v) is 4.95. The van der Waals surface area contributed by atoms with Crippen LogP contribution in [0.2, 0.25) is 0 Å². The predicted octanol–water partition coefficient (Wildman–Crippen LogP) is 3.71. The molecule has 0 aliphatic carbocycles. The van der Waals surface area contributed by atoms with Gasteiger partial charge in [0.05, 0.1) is 12.6 Å². The van der Waals surface area contributed by atoms with E-state index < -0.39 is 41.0 Å². The first kappa shape index (κ1) is 21.3. The van der Waals surface area contributed by atoms with Gasteiger partial charge >= 0.3 is 0 Å². The lowest BCUT2D eigenvalue weighted by atomic mass is 10.0. The van der Waals surface area contributed by atoms with Gasteiger partial charge in [0.2, 0.25) is 0 Å². The number of pyridine rings is 1. The van der Waals surface area contributed by atoms with E-state index in [9.17, 15) is 27.9 Å². The Balaban J connectivity index is 1.79. The highest BCUT2D eigenvalue weighted by Gasteiger charge is 2.30. The number of hydrogen-bond donors (Lipinski definition) is 2. The van der Waals surface area contributed by atoms with Gasteiger partial charge in [-0.15, -0.1) is 0 Å². The van der Waals surface area contributed by atoms with Crippen LogP contribution >= 0.6 is 0 Å². The van der Waals surface area contributed by atoms with Crippen LogP contribution in [-0.4, -0.2) is 16.7 Å². The molecule has 3 aromatic carbocycles. The van der Waals surface area contributed by atoms with Gasteiger partial charge in [-0.2, -0.15) is 0 Å². The molecule has 0 aliphatic heterocycles. The summed E-state index contributed by atoms with van der Waals surface area (Å²) in [4.78, 5) is 30.5. The van der Waals surface area contributed by atoms with Crippen molar-refractivity contribution >= 4 is 22.7 Å². The van der Waals surface area contributed by atoms with E-state index in [1.807, 2.05) is 0 Å². The van der Waals surface area contributed by atoms with Gasteiger partial charge in [-0.05, 0) is 42.0 Å². The summed E-state index contributed by atoms with van der Waals surface area (Å²) in [6, 6.07) is 12.3. The molecule has 6 nitrogen and oxygen atoms in total. The maximum atomic E-state index is 13.7. The van der Waals surface area contributed by atoms with E-state index in [0.717, 1.165) is 12.1 Å². The topological polar surface area (TPSA) is 82.5 Å². The van der Waals surface area contributed by atoms with E-state index >= 15 is 0 Å². The maximum Gasteiger partial charge on any atom is 0.254 e. The van der Waals surface area contributed by atoms with Crippen molar-refractivity contribution in [1.82, 2.24) is 4.98 Å². The summed E-state index contributed by atoms with van der Waals surface area (Å²) in [5.41, 5.74) is -0.779. The van der Waals surface area contributed by atoms with E-state index in [0.29, 0.717) is 11.4 Å². The Bertz CT molecular complexity index is 1260. The quantitative estimate of drug-likeness (QED) is 0.338. The van der Waals surface area contributed by atoms with Gasteiger partial charge < -0.3 is 15.3 Å². The molecule has 1 atom stereocenters. The minimum Gasteiger partial charge on any atom is -0.394 e. The molecular weight excluding hydrogens is 423 g/mol. The van der Waals surface area contributed by atoms with Crippen LogP contribution < -0.4 is 21.1 Å². The zero-order valence-corrected chi connectivity index (χ0v) is 16.4. The van der Waals surface area contributed by atoms with Crippen LogP contribution in [-0.2, 0) is 0 Å². The Morgan fingerprint density at radius 2 is 1.50 bits per heavy atom. The largest absolute Gasteiger partial charge is 0.394 e. The Hall–Kier alpha value is -3.98. The number of anilines is 4. The summed E-state index contributed by atoms with van der Waals surface area (Å²) < 4.78 is 40.7. The normalized spacial score (nSPS) is 12.0. The van der Waals surface area contributed by atoms with Gasteiger partial charge in [-0.3, -0.25) is 14.6 Å². The third-order valence-electron chi connectivity index (χ3n) is 4.95. The molecule has 9 heteroatoms. The summed E-state index contributed by atoms with van der Waals surface area (Å²) in [5, 5.41) is 12.5. The first-order chi connectivity index (χ1) is 15.4. The molecule has 0 spiro atoms. The average Bonchev–Trinajstić information content (AvgIpc) is 2.82. The highest BCUT2D eigenvalue weighted by Crippen LogP contribution is 2.37. The van der Waals surface area contributed by atoms with Crippen molar-refractivity contribution < 1.29 is 18.3 Å². The van der Waals surface area contributed by atoms with E-state index in [2.05, 4.69) is 10.3 Å². The van der Waals surface area contributed by atoms with Gasteiger partial charge in [0.25, 0.3) is 10.9 Å². The van der Waals surface area contributed by atoms with Gasteiger partial charge in [-0.1, -0.05) is 18.2 Å². The molecule has 0 radical (unpaired) electrons. The minimum atomic E-state index is -1.65. The van der Waals surface area contributed by atoms with Crippen molar-refractivity contribution in [3.8, 4) is 0 Å². The first-order valence-electron chi connectivity index (χ1n) is 9.52. The third kappa shape index (κ3) is 3.74. The van der Waals surface area contributed by atoms with Crippen molar-refractivity contribution in [3.63, 3.8) is 0 Å². The lowest BCUT2D eigenvalue weighted by molar-refractivity contribution is 0.275. The maximum absolute atomic E-state index is 13.7. The number of nitrogens with zero attached hydrogens (tertiary/aromatic N) is 2. The molecule has 0 fully saturated rings.